The van der Waals surface area contributed by atoms with Gasteiger partial charge in [0, 0.05) is 73.3 Å². The van der Waals surface area contributed by atoms with Gasteiger partial charge in [0.15, 0.2) is 0 Å². The number of hydroxylamine groups is 2. The van der Waals surface area contributed by atoms with Gasteiger partial charge in [-0.2, -0.15) is 5.06 Å². The highest BCUT2D eigenvalue weighted by Gasteiger charge is 2.57. The molecule has 12 heteroatoms. The third-order valence-electron chi connectivity index (χ3n) is 12.8. The lowest BCUT2D eigenvalue weighted by Crippen LogP contribution is -2.62. The zero-order valence-electron chi connectivity index (χ0n) is 33.9. The maximum Gasteiger partial charge on any atom is 0.251 e. The number of imidazole rings is 1. The maximum atomic E-state index is 14.3. The minimum Gasteiger partial charge on any atom is -0.496 e. The topological polar surface area (TPSA) is 152 Å². The molecule has 0 radical (unpaired) electrons. The molecule has 7 rings (SSSR count). The smallest absolute Gasteiger partial charge is 0.251 e. The minimum atomic E-state index is -0.900. The number of nitrogens with one attached hydrogen (secondary N) is 3. The highest BCUT2D eigenvalue weighted by atomic mass is 16.7. The number of carbonyl (C=O) groups is 2. The van der Waals surface area contributed by atoms with E-state index in [1.54, 1.807) is 19.1 Å². The van der Waals surface area contributed by atoms with Gasteiger partial charge in [0.25, 0.3) is 5.91 Å². The molecule has 0 unspecified atom stereocenters. The lowest BCUT2D eigenvalue weighted by molar-refractivity contribution is -0.183. The van der Waals surface area contributed by atoms with E-state index >= 15 is 0 Å². The second-order valence-electron chi connectivity index (χ2n) is 16.9. The average molecular weight is 759 g/mol. The predicted molar refractivity (Wildman–Crippen MR) is 214 cm³/mol. The van der Waals surface area contributed by atoms with E-state index in [1.807, 2.05) is 61.6 Å². The number of methoxy groups -OCH3 is 1. The maximum absolute atomic E-state index is 14.3. The van der Waals surface area contributed by atoms with Crippen molar-refractivity contribution in [3.8, 4) is 16.9 Å². The van der Waals surface area contributed by atoms with Crippen LogP contribution in [-0.4, -0.2) is 95.7 Å². The number of H-pyrrole nitrogens is 1. The minimum absolute atomic E-state index is 0.0377. The predicted octanol–water partition coefficient (Wildman–Crippen LogP) is 5.13. The number of hydrogen-bond donors (Lipinski definition) is 5. The Morgan fingerprint density at radius 3 is 2.62 bits per heavy atom. The number of nitrogens with zero attached hydrogens (tertiary/aromatic N) is 3. The van der Waals surface area contributed by atoms with Gasteiger partial charge >= 0.3 is 0 Å². The summed E-state index contributed by atoms with van der Waals surface area (Å²) in [5, 5.41) is 29.3. The van der Waals surface area contributed by atoms with Gasteiger partial charge in [0.05, 0.1) is 26.4 Å². The van der Waals surface area contributed by atoms with Crippen LogP contribution >= 0.6 is 0 Å². The van der Waals surface area contributed by atoms with Crippen molar-refractivity contribution in [3.05, 3.63) is 65.2 Å². The van der Waals surface area contributed by atoms with Crippen LogP contribution < -0.4 is 20.3 Å². The van der Waals surface area contributed by atoms with E-state index in [2.05, 4.69) is 48.3 Å². The van der Waals surface area contributed by atoms with Crippen molar-refractivity contribution in [2.75, 3.05) is 39.3 Å². The number of carbonyl (C=O) groups excluding carboxylic acids is 2. The number of aliphatic hydroxyl groups excluding tert-OH is 2. The highest BCUT2D eigenvalue weighted by molar-refractivity contribution is 5.97. The first kappa shape index (κ1) is 40.7. The Morgan fingerprint density at radius 2 is 1.96 bits per heavy atom. The third-order valence-corrected chi connectivity index (χ3v) is 12.8. The zero-order valence-corrected chi connectivity index (χ0v) is 33.9. The number of para-hydroxylation sites is 1. The van der Waals surface area contributed by atoms with Crippen LogP contribution in [0.1, 0.15) is 87.7 Å². The summed E-state index contributed by atoms with van der Waals surface area (Å²) in [5.74, 6) is 1.86. The van der Waals surface area contributed by atoms with Gasteiger partial charge in [-0.25, -0.2) is 4.98 Å². The molecule has 300 valence electrons. The van der Waals surface area contributed by atoms with Gasteiger partial charge in [-0.15, -0.1) is 0 Å². The molecule has 55 heavy (non-hydrogen) atoms. The van der Waals surface area contributed by atoms with Gasteiger partial charge in [0.1, 0.15) is 23.7 Å². The molecule has 3 saturated carbocycles. The number of fused-ring (bicyclic) bond motifs is 2. The first-order chi connectivity index (χ1) is 26.3. The summed E-state index contributed by atoms with van der Waals surface area (Å²) in [7, 11) is 5.48. The fourth-order valence-electron chi connectivity index (χ4n) is 9.41. The van der Waals surface area contributed by atoms with Crippen LogP contribution in [0.25, 0.3) is 11.1 Å². The van der Waals surface area contributed by atoms with Gasteiger partial charge in [0.2, 0.25) is 5.91 Å². The second kappa shape index (κ2) is 17.0. The van der Waals surface area contributed by atoms with E-state index < -0.39 is 24.2 Å². The Kier molecular flexibility index (Phi) is 12.6. The standard InChI is InChI=1S/C43H62N6O6/c1-9-10-13-31-22-45-37(46-31)15-16-44-41(52)29-17-28(18-32(19-29)48(6)7)33-14-11-12-27(40(33)54-8)23-49-39(38(26(3)51)36(24-50)55-49)42(53)47-35-21-30-20-34(25(35)2)43(30,4)5/h11-12,14,17-19,22,25-26,30,34-36,38-39,50-51H,9-10,13,15-16,20-21,23-24H2,1-8H3,(H,44,52)(H,45,46)(H,47,53)/t25-,26-,30-,34+,35-,36-,38+,39-/m0/s1. The molecular weight excluding hydrogens is 697 g/mol. The molecule has 3 aromatic rings. The van der Waals surface area contributed by atoms with E-state index in [9.17, 15) is 19.8 Å². The molecule has 2 heterocycles. The summed E-state index contributed by atoms with van der Waals surface area (Å²) in [6.07, 6.45) is 6.14. The number of benzene rings is 2. The van der Waals surface area contributed by atoms with E-state index in [0.717, 1.165) is 59.6 Å². The first-order valence-corrected chi connectivity index (χ1v) is 20.1. The third kappa shape index (κ3) is 8.43. The molecule has 8 atom stereocenters. The number of aromatic amines is 1. The number of anilines is 1. The SMILES string of the molecule is CCCCc1cnc(CCNC(=O)c2cc(-c3cccc(CN4O[C@@H](CO)[C@@H]([C@H](C)O)[C@H]4C(=O)N[C@H]4C[C@@H]5C[C@H]([C@@H]4C)C5(C)C)c3OC)cc(N(C)C)c2)[nH]1. The van der Waals surface area contributed by atoms with Crippen molar-refractivity contribution in [3.63, 3.8) is 0 Å². The van der Waals surface area contributed by atoms with E-state index in [1.165, 1.54) is 6.42 Å². The Balaban J connectivity index is 1.23. The van der Waals surface area contributed by atoms with Crippen molar-refractivity contribution in [1.82, 2.24) is 25.7 Å². The monoisotopic (exact) mass is 758 g/mol. The molecular formula is C43H62N6O6. The largest absolute Gasteiger partial charge is 0.496 e. The molecule has 2 aromatic carbocycles. The number of hydrogen-bond acceptors (Lipinski definition) is 9. The zero-order chi connectivity index (χ0) is 39.6. The number of unbranched alkanes of at least 4 members (excludes halogenated alkanes) is 1. The molecule has 12 nitrogen and oxygen atoms in total. The summed E-state index contributed by atoms with van der Waals surface area (Å²) in [6.45, 7) is 11.0. The summed E-state index contributed by atoms with van der Waals surface area (Å²) in [5.41, 5.74) is 5.09. The number of aryl methyl sites for hydroxylation is 1. The van der Waals surface area contributed by atoms with Crippen LogP contribution in [0.2, 0.25) is 0 Å². The number of aromatic nitrogens is 2. The van der Waals surface area contributed by atoms with E-state index in [0.29, 0.717) is 42.0 Å². The summed E-state index contributed by atoms with van der Waals surface area (Å²) < 4.78 is 6.07. The van der Waals surface area contributed by atoms with Crippen LogP contribution in [0.4, 0.5) is 5.69 Å². The molecule has 0 spiro atoms. The molecule has 1 aromatic heterocycles. The van der Waals surface area contributed by atoms with E-state index in [-0.39, 0.29) is 36.4 Å². The van der Waals surface area contributed by atoms with Crippen LogP contribution in [0.3, 0.4) is 0 Å². The molecule has 2 bridgehead atoms. The molecule has 5 N–H and O–H groups in total. The normalized spacial score (nSPS) is 26.3. The summed E-state index contributed by atoms with van der Waals surface area (Å²) in [4.78, 5) is 43.9. The van der Waals surface area contributed by atoms with Crippen LogP contribution in [0, 0.1) is 29.1 Å². The van der Waals surface area contributed by atoms with Gasteiger partial charge in [-0.3, -0.25) is 14.4 Å². The lowest BCUT2D eigenvalue weighted by Gasteiger charge is -2.62. The Bertz CT molecular complexity index is 1810. The Hall–Kier alpha value is -3.97. The quantitative estimate of drug-likeness (QED) is 0.134. The van der Waals surface area contributed by atoms with E-state index in [4.69, 9.17) is 9.57 Å². The molecule has 1 aliphatic heterocycles. The second-order valence-corrected chi connectivity index (χ2v) is 16.9. The van der Waals surface area contributed by atoms with Crippen molar-refractivity contribution >= 4 is 17.5 Å². The summed E-state index contributed by atoms with van der Waals surface area (Å²) in [6, 6.07) is 10.8. The number of amides is 2. The Labute approximate surface area is 326 Å². The molecule has 1 saturated heterocycles. The number of aliphatic hydroxyl groups is 2. The Morgan fingerprint density at radius 1 is 1.18 bits per heavy atom. The molecule has 2 amide bonds. The van der Waals surface area contributed by atoms with Crippen molar-refractivity contribution in [1.29, 1.82) is 0 Å². The van der Waals surface area contributed by atoms with Crippen molar-refractivity contribution in [2.24, 2.45) is 29.1 Å². The van der Waals surface area contributed by atoms with Gasteiger partial charge in [-0.1, -0.05) is 52.3 Å². The highest BCUT2D eigenvalue weighted by Crippen LogP contribution is 2.61. The molecule has 4 fully saturated rings. The van der Waals surface area contributed by atoms with Crippen molar-refractivity contribution < 1.29 is 29.4 Å². The van der Waals surface area contributed by atoms with Crippen LogP contribution in [0.15, 0.2) is 42.6 Å². The van der Waals surface area contributed by atoms with Crippen LogP contribution in [-0.2, 0) is 29.0 Å². The van der Waals surface area contributed by atoms with Gasteiger partial charge < -0.3 is 35.5 Å². The van der Waals surface area contributed by atoms with Crippen LogP contribution in [0.5, 0.6) is 5.75 Å². The molecule has 4 aliphatic rings. The fraction of sp³-hybridized carbons (Fsp3) is 0.605. The first-order valence-electron chi connectivity index (χ1n) is 20.1. The lowest BCUT2D eigenvalue weighted by atomic mass is 9.45. The fourth-order valence-corrected chi connectivity index (χ4v) is 9.41. The molecule has 3 aliphatic carbocycles. The van der Waals surface area contributed by atoms with Crippen molar-refractivity contribution in [2.45, 2.75) is 104 Å². The summed E-state index contributed by atoms with van der Waals surface area (Å²) >= 11 is 0. The number of ether oxygens (including phenoxy) is 1. The average Bonchev–Trinajstić information content (AvgIpc) is 3.78. The van der Waals surface area contributed by atoms with Gasteiger partial charge in [-0.05, 0) is 79.5 Å². The number of rotatable bonds is 16.